The van der Waals surface area contributed by atoms with E-state index in [1.807, 2.05) is 39.0 Å². The van der Waals surface area contributed by atoms with Gasteiger partial charge in [0, 0.05) is 23.3 Å². The van der Waals surface area contributed by atoms with Gasteiger partial charge in [0.05, 0.1) is 5.92 Å². The zero-order chi connectivity index (χ0) is 27.6. The van der Waals surface area contributed by atoms with Crippen molar-refractivity contribution in [3.05, 3.63) is 69.7 Å². The maximum atomic E-state index is 12.7. The third-order valence-corrected chi connectivity index (χ3v) is 7.86. The van der Waals surface area contributed by atoms with Crippen molar-refractivity contribution < 1.29 is 14.3 Å². The maximum absolute atomic E-state index is 12.7. The first-order valence-electron chi connectivity index (χ1n) is 14.6. The van der Waals surface area contributed by atoms with Crippen LogP contribution < -0.4 is 21.1 Å². The molecule has 0 bridgehead atoms. The molecule has 2 unspecified atom stereocenters. The Labute approximate surface area is 232 Å². The summed E-state index contributed by atoms with van der Waals surface area (Å²) in [5, 5.41) is 9.27. The SMILES string of the molecule is Cc1ccc(C(=O)NC2CC2)cc1-c1ccc2/c(c1)=C\C=C(\NC1CCCC(C(=O)OC(C)(C)C)C1)CC/C=2. The molecule has 0 saturated heterocycles. The van der Waals surface area contributed by atoms with E-state index in [4.69, 9.17) is 4.74 Å². The number of ether oxygens (including phenoxy) is 1. The smallest absolute Gasteiger partial charge is 0.309 e. The molecule has 3 aliphatic rings. The summed E-state index contributed by atoms with van der Waals surface area (Å²) < 4.78 is 5.67. The molecular formula is C34H42N2O3. The fourth-order valence-corrected chi connectivity index (χ4v) is 5.60. The highest BCUT2D eigenvalue weighted by Crippen LogP contribution is 2.28. The van der Waals surface area contributed by atoms with Crippen LogP contribution in [0.2, 0.25) is 0 Å². The summed E-state index contributed by atoms with van der Waals surface area (Å²) in [6, 6.07) is 13.2. The fourth-order valence-electron chi connectivity index (χ4n) is 5.60. The largest absolute Gasteiger partial charge is 0.460 e. The molecule has 2 aromatic rings. The van der Waals surface area contributed by atoms with Crippen LogP contribution >= 0.6 is 0 Å². The number of amides is 1. The second-order valence-corrected chi connectivity index (χ2v) is 12.5. The first-order valence-corrected chi connectivity index (χ1v) is 14.6. The van der Waals surface area contributed by atoms with Crippen LogP contribution in [0.5, 0.6) is 0 Å². The van der Waals surface area contributed by atoms with Crippen LogP contribution in [0.15, 0.2) is 48.2 Å². The van der Waals surface area contributed by atoms with Crippen molar-refractivity contribution in [2.45, 2.75) is 96.7 Å². The first-order chi connectivity index (χ1) is 18.6. The van der Waals surface area contributed by atoms with E-state index in [0.29, 0.717) is 11.6 Å². The molecule has 39 heavy (non-hydrogen) atoms. The van der Waals surface area contributed by atoms with Gasteiger partial charge in [0.2, 0.25) is 0 Å². The normalized spacial score (nSPS) is 24.3. The molecule has 0 heterocycles. The Bertz CT molecular complexity index is 1390. The van der Waals surface area contributed by atoms with Gasteiger partial charge in [0.25, 0.3) is 5.91 Å². The van der Waals surface area contributed by atoms with Gasteiger partial charge >= 0.3 is 5.97 Å². The number of fused-ring (bicyclic) bond motifs is 1. The Kier molecular flexibility index (Phi) is 7.97. The van der Waals surface area contributed by atoms with Crippen LogP contribution in [0.3, 0.4) is 0 Å². The van der Waals surface area contributed by atoms with Gasteiger partial charge in [-0.3, -0.25) is 9.59 Å². The Hall–Kier alpha value is -3.34. The number of hydrogen-bond acceptors (Lipinski definition) is 4. The van der Waals surface area contributed by atoms with Crippen molar-refractivity contribution in [1.82, 2.24) is 10.6 Å². The number of esters is 1. The van der Waals surface area contributed by atoms with Gasteiger partial charge in [-0.2, -0.15) is 0 Å². The number of carbonyl (C=O) groups excluding carboxylic acids is 2. The summed E-state index contributed by atoms with van der Waals surface area (Å²) in [6.45, 7) is 7.90. The van der Waals surface area contributed by atoms with Crippen LogP contribution in [0.4, 0.5) is 0 Å². The van der Waals surface area contributed by atoms with Crippen LogP contribution in [-0.4, -0.2) is 29.6 Å². The summed E-state index contributed by atoms with van der Waals surface area (Å²) in [4.78, 5) is 25.3. The number of aryl methyl sites for hydroxylation is 1. The monoisotopic (exact) mass is 526 g/mol. The Balaban J connectivity index is 1.34. The minimum atomic E-state index is -0.445. The summed E-state index contributed by atoms with van der Waals surface area (Å²) >= 11 is 0. The molecule has 206 valence electrons. The highest BCUT2D eigenvalue weighted by atomic mass is 16.6. The molecule has 2 atom stereocenters. The van der Waals surface area contributed by atoms with Crippen molar-refractivity contribution in [2.24, 2.45) is 5.92 Å². The number of nitrogens with one attached hydrogen (secondary N) is 2. The minimum Gasteiger partial charge on any atom is -0.460 e. The number of benzene rings is 2. The lowest BCUT2D eigenvalue weighted by molar-refractivity contribution is -0.161. The highest BCUT2D eigenvalue weighted by Gasteiger charge is 2.31. The molecule has 2 aromatic carbocycles. The molecule has 2 saturated carbocycles. The van der Waals surface area contributed by atoms with Crippen molar-refractivity contribution in [1.29, 1.82) is 0 Å². The fraction of sp³-hybridized carbons (Fsp3) is 0.471. The Morgan fingerprint density at radius 3 is 2.51 bits per heavy atom. The molecule has 0 radical (unpaired) electrons. The van der Waals surface area contributed by atoms with Gasteiger partial charge in [0.1, 0.15) is 5.60 Å². The van der Waals surface area contributed by atoms with E-state index in [1.54, 1.807) is 0 Å². The topological polar surface area (TPSA) is 67.4 Å². The molecular weight excluding hydrogens is 484 g/mol. The number of carbonyl (C=O) groups is 2. The third kappa shape index (κ3) is 7.20. The molecule has 5 rings (SSSR count). The summed E-state index contributed by atoms with van der Waals surface area (Å²) in [5.74, 6) is -0.0830. The Morgan fingerprint density at radius 2 is 1.74 bits per heavy atom. The quantitative estimate of drug-likeness (QED) is 0.503. The molecule has 1 amide bonds. The maximum Gasteiger partial charge on any atom is 0.309 e. The predicted molar refractivity (Wildman–Crippen MR) is 157 cm³/mol. The van der Waals surface area contributed by atoms with Gasteiger partial charge in [0.15, 0.2) is 0 Å². The van der Waals surface area contributed by atoms with Crippen LogP contribution in [-0.2, 0) is 9.53 Å². The second-order valence-electron chi connectivity index (χ2n) is 12.5. The molecule has 5 nitrogen and oxygen atoms in total. The van der Waals surface area contributed by atoms with Crippen molar-refractivity contribution >= 4 is 24.0 Å². The van der Waals surface area contributed by atoms with Crippen LogP contribution in [0, 0.1) is 12.8 Å². The highest BCUT2D eigenvalue weighted by molar-refractivity contribution is 5.96. The number of hydrogen-bond donors (Lipinski definition) is 2. The average molecular weight is 527 g/mol. The van der Waals surface area contributed by atoms with Crippen LogP contribution in [0.25, 0.3) is 23.3 Å². The summed E-state index contributed by atoms with van der Waals surface area (Å²) in [5.41, 5.74) is 4.85. The molecule has 2 fully saturated rings. The van der Waals surface area contributed by atoms with E-state index in [1.165, 1.54) is 16.1 Å². The molecule has 3 aliphatic carbocycles. The summed E-state index contributed by atoms with van der Waals surface area (Å²) in [6.07, 6.45) is 14.6. The molecule has 2 N–H and O–H groups in total. The van der Waals surface area contributed by atoms with E-state index in [-0.39, 0.29) is 23.8 Å². The van der Waals surface area contributed by atoms with E-state index in [2.05, 4.69) is 54.0 Å². The first kappa shape index (κ1) is 27.2. The van der Waals surface area contributed by atoms with Crippen molar-refractivity contribution in [3.63, 3.8) is 0 Å². The number of rotatable bonds is 6. The lowest BCUT2D eigenvalue weighted by Crippen LogP contribution is -2.38. The van der Waals surface area contributed by atoms with E-state index >= 15 is 0 Å². The number of allylic oxidation sites excluding steroid dienone is 2. The lowest BCUT2D eigenvalue weighted by Gasteiger charge is -2.32. The van der Waals surface area contributed by atoms with E-state index in [9.17, 15) is 9.59 Å². The third-order valence-electron chi connectivity index (χ3n) is 7.86. The second kappa shape index (κ2) is 11.4. The van der Waals surface area contributed by atoms with Gasteiger partial charge in [-0.15, -0.1) is 0 Å². The van der Waals surface area contributed by atoms with Gasteiger partial charge in [-0.25, -0.2) is 0 Å². The zero-order valence-electron chi connectivity index (χ0n) is 23.8. The van der Waals surface area contributed by atoms with Gasteiger partial charge in [-0.1, -0.05) is 36.8 Å². The van der Waals surface area contributed by atoms with E-state index < -0.39 is 5.60 Å². The zero-order valence-corrected chi connectivity index (χ0v) is 23.8. The summed E-state index contributed by atoms with van der Waals surface area (Å²) in [7, 11) is 0. The van der Waals surface area contributed by atoms with E-state index in [0.717, 1.165) is 68.1 Å². The Morgan fingerprint density at radius 1 is 0.923 bits per heavy atom. The minimum absolute atomic E-state index is 0.0140. The van der Waals surface area contributed by atoms with Gasteiger partial charge in [-0.05, 0) is 124 Å². The molecule has 0 spiro atoms. The molecule has 5 heteroatoms. The predicted octanol–water partition coefficient (Wildman–Crippen LogP) is 5.28. The van der Waals surface area contributed by atoms with Crippen LogP contribution in [0.1, 0.15) is 88.1 Å². The molecule has 0 aliphatic heterocycles. The standard InChI is InChI=1S/C34H42N2O3/c1-22-11-12-26(32(37)36-29-17-18-29)21-31(22)25-14-13-23-7-5-9-28(16-15-24(23)19-25)35-30-10-6-8-27(20-30)33(38)39-34(2,3)4/h7,11-16,19,21,27,29-30,35H,5-6,8-10,17-18,20H2,1-4H3,(H,36,37)/b23-7+,24-15-,28-16+. The lowest BCUT2D eigenvalue weighted by atomic mass is 9.85. The van der Waals surface area contributed by atoms with Gasteiger partial charge < -0.3 is 15.4 Å². The van der Waals surface area contributed by atoms with Crippen molar-refractivity contribution in [3.8, 4) is 11.1 Å². The van der Waals surface area contributed by atoms with Crippen molar-refractivity contribution in [2.75, 3.05) is 0 Å². The molecule has 0 aromatic heterocycles. The average Bonchev–Trinajstić information content (AvgIpc) is 3.69.